The van der Waals surface area contributed by atoms with Crippen LogP contribution in [0.1, 0.15) is 16.1 Å². The predicted octanol–water partition coefficient (Wildman–Crippen LogP) is -0.517. The highest BCUT2D eigenvalue weighted by Crippen LogP contribution is 2.21. The zero-order valence-corrected chi connectivity index (χ0v) is 10.2. The second-order valence-corrected chi connectivity index (χ2v) is 3.80. The van der Waals surface area contributed by atoms with E-state index in [4.69, 9.17) is 5.73 Å². The first kappa shape index (κ1) is 12.5. The maximum atomic E-state index is 11.4. The molecule has 1 aromatic heterocycles. The normalized spacial score (nSPS) is 10.5. The number of nitrogens with two attached hydrogens (primary N) is 1. The topological polar surface area (TPSA) is 76.2 Å². The Hall–Kier alpha value is -1.56. The fourth-order valence-electron chi connectivity index (χ4n) is 1.76. The molecule has 90 valence electrons. The monoisotopic (exact) mass is 225 g/mol. The van der Waals surface area contributed by atoms with Crippen LogP contribution in [0, 0.1) is 6.92 Å². The van der Waals surface area contributed by atoms with E-state index in [0.29, 0.717) is 11.3 Å². The summed E-state index contributed by atoms with van der Waals surface area (Å²) in [6.45, 7) is 3.41. The minimum atomic E-state index is -0.433. The number of nitrogens with zero attached hydrogens (tertiary/aromatic N) is 3. The van der Waals surface area contributed by atoms with Crippen LogP contribution in [0.25, 0.3) is 0 Å². The van der Waals surface area contributed by atoms with E-state index < -0.39 is 5.91 Å². The largest absolute Gasteiger partial charge is 0.365 e. The van der Waals surface area contributed by atoms with Gasteiger partial charge in [0.2, 0.25) is 0 Å². The number of hydrogen-bond donors (Lipinski definition) is 2. The van der Waals surface area contributed by atoms with Gasteiger partial charge in [-0.2, -0.15) is 5.10 Å². The van der Waals surface area contributed by atoms with Gasteiger partial charge < -0.3 is 16.0 Å². The SMILES string of the molecule is CNCCN(C)c1c(C(N)=O)c(C)nn1C. The molecule has 0 aliphatic carbocycles. The minimum absolute atomic E-state index is 0.433. The second kappa shape index (κ2) is 4.98. The lowest BCUT2D eigenvalue weighted by Gasteiger charge is -2.20. The van der Waals surface area contributed by atoms with E-state index in [1.807, 2.05) is 26.0 Å². The molecule has 1 rings (SSSR count). The van der Waals surface area contributed by atoms with E-state index in [9.17, 15) is 4.79 Å². The van der Waals surface area contributed by atoms with Crippen LogP contribution in [0.4, 0.5) is 5.82 Å². The number of nitrogens with one attached hydrogen (secondary N) is 1. The molecule has 0 saturated heterocycles. The Morgan fingerprint density at radius 1 is 1.62 bits per heavy atom. The van der Waals surface area contributed by atoms with Crippen LogP contribution in [0.3, 0.4) is 0 Å². The van der Waals surface area contributed by atoms with Crippen LogP contribution in [0.15, 0.2) is 0 Å². The summed E-state index contributed by atoms with van der Waals surface area (Å²) in [4.78, 5) is 13.3. The maximum Gasteiger partial charge on any atom is 0.254 e. The van der Waals surface area contributed by atoms with Gasteiger partial charge in [0.1, 0.15) is 11.4 Å². The second-order valence-electron chi connectivity index (χ2n) is 3.80. The van der Waals surface area contributed by atoms with Crippen LogP contribution in [0.5, 0.6) is 0 Å². The molecule has 0 radical (unpaired) electrons. The third-order valence-electron chi connectivity index (χ3n) is 2.50. The number of primary amides is 1. The molecule has 0 aromatic carbocycles. The van der Waals surface area contributed by atoms with Crippen molar-refractivity contribution in [3.8, 4) is 0 Å². The summed E-state index contributed by atoms with van der Waals surface area (Å²) < 4.78 is 1.69. The Kier molecular flexibility index (Phi) is 3.89. The molecule has 1 aromatic rings. The van der Waals surface area contributed by atoms with E-state index in [2.05, 4.69) is 10.4 Å². The van der Waals surface area contributed by atoms with E-state index in [1.54, 1.807) is 11.6 Å². The quantitative estimate of drug-likeness (QED) is 0.707. The van der Waals surface area contributed by atoms with Crippen LogP contribution in [-0.4, -0.2) is 42.9 Å². The number of likely N-dealkylation sites (N-methyl/N-ethyl adjacent to an activating group) is 2. The molecule has 0 aliphatic rings. The van der Waals surface area contributed by atoms with Crippen LogP contribution >= 0.6 is 0 Å². The van der Waals surface area contributed by atoms with Gasteiger partial charge in [-0.05, 0) is 14.0 Å². The van der Waals surface area contributed by atoms with Crippen molar-refractivity contribution >= 4 is 11.7 Å². The summed E-state index contributed by atoms with van der Waals surface area (Å²) in [5.41, 5.74) is 6.53. The molecule has 0 fully saturated rings. The zero-order chi connectivity index (χ0) is 12.3. The fourth-order valence-corrected chi connectivity index (χ4v) is 1.76. The highest BCUT2D eigenvalue weighted by atomic mass is 16.1. The summed E-state index contributed by atoms with van der Waals surface area (Å²) in [6, 6.07) is 0. The number of anilines is 1. The van der Waals surface area contributed by atoms with E-state index in [-0.39, 0.29) is 0 Å². The number of aromatic nitrogens is 2. The van der Waals surface area contributed by atoms with E-state index in [1.165, 1.54) is 0 Å². The Bertz CT molecular complexity index is 385. The Labute approximate surface area is 95.4 Å². The molecule has 1 heterocycles. The fraction of sp³-hybridized carbons (Fsp3) is 0.600. The molecule has 1 amide bonds. The Morgan fingerprint density at radius 2 is 2.25 bits per heavy atom. The first-order valence-corrected chi connectivity index (χ1v) is 5.18. The van der Waals surface area contributed by atoms with Gasteiger partial charge in [0.05, 0.1) is 5.69 Å². The number of hydrogen-bond acceptors (Lipinski definition) is 4. The van der Waals surface area contributed by atoms with Crippen molar-refractivity contribution in [2.75, 3.05) is 32.1 Å². The molecule has 6 heteroatoms. The molecular weight excluding hydrogens is 206 g/mol. The number of rotatable bonds is 5. The zero-order valence-electron chi connectivity index (χ0n) is 10.2. The standard InChI is InChI=1S/C10H19N5O/c1-7-8(9(11)16)10(15(4)13-7)14(3)6-5-12-2/h12H,5-6H2,1-4H3,(H2,11,16). The van der Waals surface area contributed by atoms with Crippen molar-refractivity contribution in [1.29, 1.82) is 0 Å². The molecule has 0 saturated carbocycles. The van der Waals surface area contributed by atoms with Crippen LogP contribution in [0.2, 0.25) is 0 Å². The van der Waals surface area contributed by atoms with Gasteiger partial charge >= 0.3 is 0 Å². The average molecular weight is 225 g/mol. The molecule has 0 atom stereocenters. The Balaban J connectivity index is 3.06. The first-order chi connectivity index (χ1) is 7.49. The van der Waals surface area contributed by atoms with Crippen molar-refractivity contribution in [3.05, 3.63) is 11.3 Å². The lowest BCUT2D eigenvalue weighted by Crippen LogP contribution is -2.30. The summed E-state index contributed by atoms with van der Waals surface area (Å²) in [5.74, 6) is 0.331. The first-order valence-electron chi connectivity index (χ1n) is 5.18. The predicted molar refractivity (Wildman–Crippen MR) is 63.7 cm³/mol. The van der Waals surface area contributed by atoms with Crippen molar-refractivity contribution < 1.29 is 4.79 Å². The molecule has 0 unspecified atom stereocenters. The van der Waals surface area contributed by atoms with Crippen LogP contribution < -0.4 is 16.0 Å². The summed E-state index contributed by atoms with van der Waals surface area (Å²) in [7, 11) is 5.61. The third-order valence-corrected chi connectivity index (χ3v) is 2.50. The molecule has 0 spiro atoms. The van der Waals surface area contributed by atoms with Gasteiger partial charge in [-0.25, -0.2) is 0 Å². The van der Waals surface area contributed by atoms with Crippen molar-refractivity contribution in [2.45, 2.75) is 6.92 Å². The molecule has 16 heavy (non-hydrogen) atoms. The van der Waals surface area contributed by atoms with Gasteiger partial charge in [-0.15, -0.1) is 0 Å². The molecular formula is C10H19N5O. The van der Waals surface area contributed by atoms with Gasteiger partial charge in [0, 0.05) is 27.2 Å². The smallest absolute Gasteiger partial charge is 0.254 e. The maximum absolute atomic E-state index is 11.4. The van der Waals surface area contributed by atoms with Gasteiger partial charge in [0.15, 0.2) is 0 Å². The number of carbonyl (C=O) groups excluding carboxylic acids is 1. The summed E-state index contributed by atoms with van der Waals surface area (Å²) in [5, 5.41) is 7.27. The summed E-state index contributed by atoms with van der Waals surface area (Å²) >= 11 is 0. The lowest BCUT2D eigenvalue weighted by molar-refractivity contribution is 0.1000. The van der Waals surface area contributed by atoms with E-state index in [0.717, 1.165) is 18.9 Å². The van der Waals surface area contributed by atoms with Gasteiger partial charge in [-0.3, -0.25) is 9.48 Å². The highest BCUT2D eigenvalue weighted by Gasteiger charge is 2.20. The molecule has 3 N–H and O–H groups in total. The van der Waals surface area contributed by atoms with Crippen molar-refractivity contribution in [3.63, 3.8) is 0 Å². The highest BCUT2D eigenvalue weighted by molar-refractivity contribution is 5.99. The molecule has 6 nitrogen and oxygen atoms in total. The van der Waals surface area contributed by atoms with Crippen molar-refractivity contribution in [1.82, 2.24) is 15.1 Å². The lowest BCUT2D eigenvalue weighted by atomic mass is 10.2. The van der Waals surface area contributed by atoms with Crippen LogP contribution in [-0.2, 0) is 7.05 Å². The summed E-state index contributed by atoms with van der Waals surface area (Å²) in [6.07, 6.45) is 0. The number of carbonyl (C=O) groups is 1. The third kappa shape index (κ3) is 2.33. The average Bonchev–Trinajstić information content (AvgIpc) is 2.50. The molecule has 0 bridgehead atoms. The van der Waals surface area contributed by atoms with Crippen molar-refractivity contribution in [2.24, 2.45) is 12.8 Å². The molecule has 0 aliphatic heterocycles. The van der Waals surface area contributed by atoms with E-state index >= 15 is 0 Å². The number of amides is 1. The van der Waals surface area contributed by atoms with Gasteiger partial charge in [0.25, 0.3) is 5.91 Å². The Morgan fingerprint density at radius 3 is 2.75 bits per heavy atom. The minimum Gasteiger partial charge on any atom is -0.365 e. The number of aryl methyl sites for hydroxylation is 2. The van der Waals surface area contributed by atoms with Gasteiger partial charge in [-0.1, -0.05) is 0 Å².